The fraction of sp³-hybridized carbons (Fsp3) is 0.786. The lowest BCUT2D eigenvalue weighted by atomic mass is 10.0. The summed E-state index contributed by atoms with van der Waals surface area (Å²) in [4.78, 5) is 11.7. The summed E-state index contributed by atoms with van der Waals surface area (Å²) in [6, 6.07) is 0.138. The summed E-state index contributed by atoms with van der Waals surface area (Å²) in [5.74, 6) is 0.372. The SMILES string of the molecule is CC(C)C(CNC(=O)OC(C)(C)C)NCc1cn(C)nn1. The minimum absolute atomic E-state index is 0.138. The van der Waals surface area contributed by atoms with Gasteiger partial charge < -0.3 is 15.4 Å². The Bertz CT molecular complexity index is 450. The maximum Gasteiger partial charge on any atom is 0.407 e. The molecule has 0 spiro atoms. The highest BCUT2D eigenvalue weighted by atomic mass is 16.6. The molecule has 0 aliphatic heterocycles. The third kappa shape index (κ3) is 7.08. The number of carbonyl (C=O) groups is 1. The van der Waals surface area contributed by atoms with Crippen LogP contribution < -0.4 is 10.6 Å². The summed E-state index contributed by atoms with van der Waals surface area (Å²) in [7, 11) is 1.83. The molecular weight excluding hydrogens is 270 g/mol. The number of carbonyl (C=O) groups excluding carboxylic acids is 1. The van der Waals surface area contributed by atoms with E-state index in [1.165, 1.54) is 0 Å². The Labute approximate surface area is 126 Å². The van der Waals surface area contributed by atoms with Crippen LogP contribution in [-0.4, -0.2) is 39.3 Å². The molecule has 7 heteroatoms. The molecule has 1 amide bonds. The fourth-order valence-electron chi connectivity index (χ4n) is 1.76. The van der Waals surface area contributed by atoms with Crippen LogP contribution in [0.2, 0.25) is 0 Å². The number of hydrogen-bond acceptors (Lipinski definition) is 5. The van der Waals surface area contributed by atoms with Crippen LogP contribution in [0, 0.1) is 5.92 Å². The average molecular weight is 297 g/mol. The number of aryl methyl sites for hydroxylation is 1. The van der Waals surface area contributed by atoms with Gasteiger partial charge in [0.1, 0.15) is 5.60 Å². The zero-order valence-electron chi connectivity index (χ0n) is 13.8. The van der Waals surface area contributed by atoms with E-state index in [4.69, 9.17) is 4.74 Å². The second kappa shape index (κ2) is 7.40. The molecule has 0 saturated carbocycles. The number of aromatic nitrogens is 3. The molecule has 1 rings (SSSR count). The summed E-state index contributed by atoms with van der Waals surface area (Å²) in [6.45, 7) is 10.9. The molecule has 0 bridgehead atoms. The first kappa shape index (κ1) is 17.4. The molecular formula is C14H27N5O2. The normalized spacial score (nSPS) is 13.3. The Morgan fingerprint density at radius 1 is 1.43 bits per heavy atom. The van der Waals surface area contributed by atoms with Crippen LogP contribution in [0.4, 0.5) is 4.79 Å². The van der Waals surface area contributed by atoms with E-state index < -0.39 is 11.7 Å². The van der Waals surface area contributed by atoms with E-state index >= 15 is 0 Å². The molecule has 1 atom stereocenters. The molecule has 0 saturated heterocycles. The summed E-state index contributed by atoms with van der Waals surface area (Å²) < 4.78 is 6.90. The molecule has 1 unspecified atom stereocenters. The maximum atomic E-state index is 11.7. The van der Waals surface area contributed by atoms with Gasteiger partial charge in [0.05, 0.1) is 5.69 Å². The highest BCUT2D eigenvalue weighted by Gasteiger charge is 2.19. The first-order valence-corrected chi connectivity index (χ1v) is 7.23. The Kier molecular flexibility index (Phi) is 6.14. The summed E-state index contributed by atoms with van der Waals surface area (Å²) in [5, 5.41) is 14.1. The standard InChI is InChI=1S/C14H27N5O2/c1-10(2)12(8-16-13(20)21-14(3,4)5)15-7-11-9-19(6)18-17-11/h9-10,12,15H,7-8H2,1-6H3,(H,16,20). The van der Waals surface area contributed by atoms with Crippen LogP contribution in [-0.2, 0) is 18.3 Å². The topological polar surface area (TPSA) is 81.1 Å². The second-order valence-corrected chi connectivity index (χ2v) is 6.50. The summed E-state index contributed by atoms with van der Waals surface area (Å²) >= 11 is 0. The lowest BCUT2D eigenvalue weighted by Gasteiger charge is -2.24. The van der Waals surface area contributed by atoms with Crippen LogP contribution >= 0.6 is 0 Å². The Hall–Kier alpha value is -1.63. The van der Waals surface area contributed by atoms with Crippen molar-refractivity contribution in [2.24, 2.45) is 13.0 Å². The van der Waals surface area contributed by atoms with Crippen molar-refractivity contribution in [1.82, 2.24) is 25.6 Å². The fourth-order valence-corrected chi connectivity index (χ4v) is 1.76. The Balaban J connectivity index is 2.41. The number of amides is 1. The Morgan fingerprint density at radius 3 is 2.57 bits per heavy atom. The molecule has 0 aliphatic rings. The van der Waals surface area contributed by atoms with Crippen molar-refractivity contribution in [3.05, 3.63) is 11.9 Å². The van der Waals surface area contributed by atoms with Crippen molar-refractivity contribution in [2.75, 3.05) is 6.54 Å². The maximum absolute atomic E-state index is 11.7. The molecule has 7 nitrogen and oxygen atoms in total. The van der Waals surface area contributed by atoms with Crippen LogP contribution in [0.15, 0.2) is 6.20 Å². The van der Waals surface area contributed by atoms with Gasteiger partial charge in [0.25, 0.3) is 0 Å². The van der Waals surface area contributed by atoms with Gasteiger partial charge in [0, 0.05) is 32.4 Å². The van der Waals surface area contributed by atoms with E-state index in [1.54, 1.807) is 4.68 Å². The lowest BCUT2D eigenvalue weighted by molar-refractivity contribution is 0.0519. The third-order valence-electron chi connectivity index (χ3n) is 2.87. The first-order chi connectivity index (χ1) is 9.67. The monoisotopic (exact) mass is 297 g/mol. The minimum atomic E-state index is -0.482. The average Bonchev–Trinajstić information content (AvgIpc) is 2.72. The molecule has 0 fully saturated rings. The summed E-state index contributed by atoms with van der Waals surface area (Å²) in [5.41, 5.74) is 0.394. The van der Waals surface area contributed by atoms with Gasteiger partial charge in [-0.2, -0.15) is 0 Å². The number of nitrogens with one attached hydrogen (secondary N) is 2. The lowest BCUT2D eigenvalue weighted by Crippen LogP contribution is -2.45. The van der Waals surface area contributed by atoms with Crippen LogP contribution in [0.5, 0.6) is 0 Å². The van der Waals surface area contributed by atoms with Crippen molar-refractivity contribution >= 4 is 6.09 Å². The predicted octanol–water partition coefficient (Wildman–Crippen LogP) is 1.45. The number of hydrogen-bond donors (Lipinski definition) is 2. The smallest absolute Gasteiger partial charge is 0.407 e. The van der Waals surface area contributed by atoms with Crippen molar-refractivity contribution in [2.45, 2.75) is 52.8 Å². The van der Waals surface area contributed by atoms with E-state index in [1.807, 2.05) is 34.0 Å². The molecule has 1 aromatic rings. The van der Waals surface area contributed by atoms with Gasteiger partial charge in [-0.15, -0.1) is 5.10 Å². The minimum Gasteiger partial charge on any atom is -0.444 e. The molecule has 0 aliphatic carbocycles. The quantitative estimate of drug-likeness (QED) is 0.830. The molecule has 120 valence electrons. The third-order valence-corrected chi connectivity index (χ3v) is 2.87. The predicted molar refractivity (Wildman–Crippen MR) is 80.7 cm³/mol. The first-order valence-electron chi connectivity index (χ1n) is 7.23. The molecule has 1 aromatic heterocycles. The second-order valence-electron chi connectivity index (χ2n) is 6.50. The van der Waals surface area contributed by atoms with E-state index in [2.05, 4.69) is 34.8 Å². The van der Waals surface area contributed by atoms with Gasteiger partial charge in [-0.1, -0.05) is 19.1 Å². The molecule has 2 N–H and O–H groups in total. The number of nitrogens with zero attached hydrogens (tertiary/aromatic N) is 3. The van der Waals surface area contributed by atoms with Gasteiger partial charge in [-0.3, -0.25) is 4.68 Å². The van der Waals surface area contributed by atoms with Crippen molar-refractivity contribution < 1.29 is 9.53 Å². The van der Waals surface area contributed by atoms with Gasteiger partial charge >= 0.3 is 6.09 Å². The van der Waals surface area contributed by atoms with E-state index in [0.717, 1.165) is 5.69 Å². The van der Waals surface area contributed by atoms with Gasteiger partial charge in [0.2, 0.25) is 0 Å². The van der Waals surface area contributed by atoms with E-state index in [-0.39, 0.29) is 6.04 Å². The number of alkyl carbamates (subject to hydrolysis) is 1. The molecule has 0 radical (unpaired) electrons. The van der Waals surface area contributed by atoms with E-state index in [9.17, 15) is 4.79 Å². The Morgan fingerprint density at radius 2 is 2.10 bits per heavy atom. The number of ether oxygens (including phenoxy) is 1. The zero-order chi connectivity index (χ0) is 16.0. The van der Waals surface area contributed by atoms with Crippen molar-refractivity contribution in [3.8, 4) is 0 Å². The highest BCUT2D eigenvalue weighted by Crippen LogP contribution is 2.07. The van der Waals surface area contributed by atoms with Crippen molar-refractivity contribution in [3.63, 3.8) is 0 Å². The largest absolute Gasteiger partial charge is 0.444 e. The van der Waals surface area contributed by atoms with Gasteiger partial charge in [-0.05, 0) is 26.7 Å². The number of rotatable bonds is 6. The molecule has 21 heavy (non-hydrogen) atoms. The van der Waals surface area contributed by atoms with E-state index in [0.29, 0.717) is 19.0 Å². The van der Waals surface area contributed by atoms with Crippen molar-refractivity contribution in [1.29, 1.82) is 0 Å². The zero-order valence-corrected chi connectivity index (χ0v) is 13.8. The van der Waals surface area contributed by atoms with Crippen LogP contribution in [0.25, 0.3) is 0 Å². The van der Waals surface area contributed by atoms with Crippen LogP contribution in [0.3, 0.4) is 0 Å². The van der Waals surface area contributed by atoms with Gasteiger partial charge in [0.15, 0.2) is 0 Å². The highest BCUT2D eigenvalue weighted by molar-refractivity contribution is 5.67. The summed E-state index contributed by atoms with van der Waals surface area (Å²) in [6.07, 6.45) is 1.47. The van der Waals surface area contributed by atoms with Crippen LogP contribution in [0.1, 0.15) is 40.3 Å². The molecule has 1 heterocycles. The molecule has 0 aromatic carbocycles. The van der Waals surface area contributed by atoms with Gasteiger partial charge in [-0.25, -0.2) is 4.79 Å².